The summed E-state index contributed by atoms with van der Waals surface area (Å²) in [4.78, 5) is 14.2. The van der Waals surface area contributed by atoms with Crippen LogP contribution in [0.2, 0.25) is 0 Å². The maximum Gasteiger partial charge on any atom is 0.262 e. The van der Waals surface area contributed by atoms with Gasteiger partial charge in [0.2, 0.25) is 0 Å². The molecule has 0 spiro atoms. The fourth-order valence-corrected chi connectivity index (χ4v) is 3.40. The predicted molar refractivity (Wildman–Crippen MR) is 88.9 cm³/mol. The van der Waals surface area contributed by atoms with Crippen LogP contribution < -0.4 is 9.64 Å². The van der Waals surface area contributed by atoms with Crippen molar-refractivity contribution in [2.45, 2.75) is 43.8 Å². The highest BCUT2D eigenvalue weighted by atomic mass is 16.7. The summed E-state index contributed by atoms with van der Waals surface area (Å²) >= 11 is 0. The van der Waals surface area contributed by atoms with Crippen LogP contribution in [0.4, 0.5) is 5.69 Å². The first-order valence-corrected chi connectivity index (χ1v) is 7.95. The van der Waals surface area contributed by atoms with Crippen molar-refractivity contribution in [1.82, 2.24) is 0 Å². The number of carbonyl (C=O) groups is 1. The van der Waals surface area contributed by atoms with E-state index in [1.165, 1.54) is 0 Å². The third-order valence-corrected chi connectivity index (χ3v) is 4.55. The minimum atomic E-state index is -1.52. The number of ether oxygens (including phenoxy) is 3. The Balaban J connectivity index is 1.92. The highest BCUT2D eigenvalue weighted by molar-refractivity contribution is 6.08. The van der Waals surface area contributed by atoms with Gasteiger partial charge in [0.05, 0.1) is 13.7 Å². The molecule has 130 valence electrons. The lowest BCUT2D eigenvalue weighted by atomic mass is 9.76. The SMILES string of the molecule is C=CC[C@]1(O)C(=O)N(c2ccc(OC)cc2)[C@H]1[C@H]1COC(C)(C)O1. The Bertz CT molecular complexity index is 641. The van der Waals surface area contributed by atoms with Gasteiger partial charge in [0.1, 0.15) is 17.9 Å². The van der Waals surface area contributed by atoms with Crippen LogP contribution in [0.15, 0.2) is 36.9 Å². The van der Waals surface area contributed by atoms with E-state index in [0.29, 0.717) is 18.0 Å². The summed E-state index contributed by atoms with van der Waals surface area (Å²) in [7, 11) is 1.58. The summed E-state index contributed by atoms with van der Waals surface area (Å²) in [5, 5.41) is 10.9. The number of hydrogen-bond donors (Lipinski definition) is 1. The second-order valence-electron chi connectivity index (χ2n) is 6.60. The second kappa shape index (κ2) is 5.88. The molecule has 6 heteroatoms. The van der Waals surface area contributed by atoms with Crippen LogP contribution in [0.1, 0.15) is 20.3 Å². The number of carbonyl (C=O) groups excluding carboxylic acids is 1. The number of hydrogen-bond acceptors (Lipinski definition) is 5. The van der Waals surface area contributed by atoms with Crippen LogP contribution in [0.5, 0.6) is 5.75 Å². The van der Waals surface area contributed by atoms with Gasteiger partial charge in [-0.2, -0.15) is 0 Å². The lowest BCUT2D eigenvalue weighted by molar-refractivity contribution is -0.173. The summed E-state index contributed by atoms with van der Waals surface area (Å²) in [5.74, 6) is -0.388. The first-order valence-electron chi connectivity index (χ1n) is 7.95. The summed E-state index contributed by atoms with van der Waals surface area (Å²) < 4.78 is 16.7. The number of amides is 1. The van der Waals surface area contributed by atoms with Crippen molar-refractivity contribution in [2.24, 2.45) is 0 Å². The van der Waals surface area contributed by atoms with Gasteiger partial charge in [-0.05, 0) is 38.1 Å². The van der Waals surface area contributed by atoms with E-state index in [-0.39, 0.29) is 12.3 Å². The molecule has 2 aliphatic heterocycles. The van der Waals surface area contributed by atoms with Crippen molar-refractivity contribution in [3.8, 4) is 5.75 Å². The number of methoxy groups -OCH3 is 1. The molecule has 0 radical (unpaired) electrons. The molecule has 2 fully saturated rings. The van der Waals surface area contributed by atoms with Crippen LogP contribution >= 0.6 is 0 Å². The average molecular weight is 333 g/mol. The van der Waals surface area contributed by atoms with E-state index in [1.807, 2.05) is 13.8 Å². The van der Waals surface area contributed by atoms with Crippen molar-refractivity contribution < 1.29 is 24.1 Å². The molecule has 1 aromatic carbocycles. The van der Waals surface area contributed by atoms with E-state index in [0.717, 1.165) is 0 Å². The zero-order valence-corrected chi connectivity index (χ0v) is 14.2. The molecule has 0 unspecified atom stereocenters. The first kappa shape index (κ1) is 17.0. The topological polar surface area (TPSA) is 68.2 Å². The lowest BCUT2D eigenvalue weighted by Crippen LogP contribution is -2.78. The van der Waals surface area contributed by atoms with Gasteiger partial charge in [0.15, 0.2) is 11.4 Å². The zero-order chi connectivity index (χ0) is 17.5. The lowest BCUT2D eigenvalue weighted by Gasteiger charge is -2.54. The molecule has 2 aliphatic rings. The Morgan fingerprint density at radius 2 is 2.08 bits per heavy atom. The summed E-state index contributed by atoms with van der Waals surface area (Å²) in [6.45, 7) is 7.60. The minimum Gasteiger partial charge on any atom is -0.497 e. The van der Waals surface area contributed by atoms with Crippen LogP contribution in [0.3, 0.4) is 0 Å². The molecular formula is C18H23NO5. The molecule has 3 rings (SSSR count). The monoisotopic (exact) mass is 333 g/mol. The third-order valence-electron chi connectivity index (χ3n) is 4.55. The van der Waals surface area contributed by atoms with Crippen molar-refractivity contribution >= 4 is 11.6 Å². The molecule has 6 nitrogen and oxygen atoms in total. The maximum atomic E-state index is 12.7. The van der Waals surface area contributed by atoms with Crippen LogP contribution in [0.25, 0.3) is 0 Å². The quantitative estimate of drug-likeness (QED) is 0.658. The largest absolute Gasteiger partial charge is 0.497 e. The number of aliphatic hydroxyl groups is 1. The fraction of sp³-hybridized carbons (Fsp3) is 0.500. The standard InChI is InChI=1S/C18H23NO5/c1-5-10-18(21)15(14-11-23-17(2,3)24-14)19(16(18)20)12-6-8-13(22-4)9-7-12/h5-9,14-15,21H,1,10-11H2,2-4H3/t14-,15+,18-/m1/s1. The molecule has 1 amide bonds. The van der Waals surface area contributed by atoms with Crippen molar-refractivity contribution in [1.29, 1.82) is 0 Å². The second-order valence-corrected chi connectivity index (χ2v) is 6.60. The molecule has 2 saturated heterocycles. The van der Waals surface area contributed by atoms with Gasteiger partial charge in [0.25, 0.3) is 5.91 Å². The Morgan fingerprint density at radius 1 is 1.42 bits per heavy atom. The Kier molecular flexibility index (Phi) is 4.15. The molecule has 0 bridgehead atoms. The number of nitrogens with zero attached hydrogens (tertiary/aromatic N) is 1. The van der Waals surface area contributed by atoms with Crippen molar-refractivity contribution in [3.63, 3.8) is 0 Å². The molecule has 0 saturated carbocycles. The number of rotatable bonds is 5. The van der Waals surface area contributed by atoms with Crippen molar-refractivity contribution in [2.75, 3.05) is 18.6 Å². The van der Waals surface area contributed by atoms with E-state index in [9.17, 15) is 9.90 Å². The highest BCUT2D eigenvalue weighted by Gasteiger charge is 2.64. The molecule has 3 atom stereocenters. The Hall–Kier alpha value is -1.89. The highest BCUT2D eigenvalue weighted by Crippen LogP contribution is 2.43. The third kappa shape index (κ3) is 2.60. The fourth-order valence-electron chi connectivity index (χ4n) is 3.40. The van der Waals surface area contributed by atoms with Crippen LogP contribution in [0, 0.1) is 0 Å². The minimum absolute atomic E-state index is 0.170. The number of anilines is 1. The van der Waals surface area contributed by atoms with Gasteiger partial charge in [-0.1, -0.05) is 6.08 Å². The smallest absolute Gasteiger partial charge is 0.262 e. The van der Waals surface area contributed by atoms with Gasteiger partial charge in [-0.15, -0.1) is 6.58 Å². The average Bonchev–Trinajstić information content (AvgIpc) is 2.91. The zero-order valence-electron chi connectivity index (χ0n) is 14.2. The van der Waals surface area contributed by atoms with Gasteiger partial charge in [0, 0.05) is 12.1 Å². The normalized spacial score (nSPS) is 31.7. The first-order chi connectivity index (χ1) is 11.3. The van der Waals surface area contributed by atoms with E-state index >= 15 is 0 Å². The van der Waals surface area contributed by atoms with E-state index < -0.39 is 23.5 Å². The molecule has 1 N–H and O–H groups in total. The van der Waals surface area contributed by atoms with Gasteiger partial charge in [-0.25, -0.2) is 0 Å². The summed E-state index contributed by atoms with van der Waals surface area (Å²) in [6, 6.07) is 6.61. The van der Waals surface area contributed by atoms with Gasteiger partial charge >= 0.3 is 0 Å². The number of benzene rings is 1. The van der Waals surface area contributed by atoms with E-state index in [2.05, 4.69) is 6.58 Å². The molecule has 1 aromatic rings. The van der Waals surface area contributed by atoms with Gasteiger partial charge < -0.3 is 24.2 Å². The Morgan fingerprint density at radius 3 is 2.58 bits per heavy atom. The van der Waals surface area contributed by atoms with Crippen LogP contribution in [-0.2, 0) is 14.3 Å². The molecule has 2 heterocycles. The predicted octanol–water partition coefficient (Wildman–Crippen LogP) is 1.87. The molecule has 0 aliphatic carbocycles. The van der Waals surface area contributed by atoms with Crippen LogP contribution in [-0.4, -0.2) is 48.3 Å². The Labute approximate surface area is 141 Å². The van der Waals surface area contributed by atoms with E-state index in [1.54, 1.807) is 42.4 Å². The van der Waals surface area contributed by atoms with E-state index in [4.69, 9.17) is 14.2 Å². The molecule has 24 heavy (non-hydrogen) atoms. The van der Waals surface area contributed by atoms with Gasteiger partial charge in [-0.3, -0.25) is 4.79 Å². The summed E-state index contributed by atoms with van der Waals surface area (Å²) in [5.41, 5.74) is -0.830. The summed E-state index contributed by atoms with van der Waals surface area (Å²) in [6.07, 6.45) is 1.31. The van der Waals surface area contributed by atoms with Crippen molar-refractivity contribution in [3.05, 3.63) is 36.9 Å². The number of β-lactam (4-membered cyclic amide) rings is 1. The maximum absolute atomic E-state index is 12.7. The molecule has 0 aromatic heterocycles. The molecular weight excluding hydrogens is 310 g/mol.